The van der Waals surface area contributed by atoms with Crippen LogP contribution < -0.4 is 16.4 Å². The van der Waals surface area contributed by atoms with Gasteiger partial charge in [-0.1, -0.05) is 23.7 Å². The maximum atomic E-state index is 15.1. The summed E-state index contributed by atoms with van der Waals surface area (Å²) in [6, 6.07) is 7.95. The number of anilines is 1. The normalized spacial score (nSPS) is 23.8. The molecular weight excluding hydrogens is 591 g/mol. The monoisotopic (exact) mass is 623 g/mol. The minimum atomic E-state index is -2.93. The standard InChI is InChI=1S/C29H33ClF3N5O3S/c30-19-5-3-17(4-6-19)27(18-10-20(31)12-21(32)11-18)28(34)29(39)37-26-15-35-14-25(33)24(26)8-7-23-13-36-22-2-1-9-42(40,41)38(23)16-22/h3-6,10-12,14-15,22-23,27-28,36,40-41H,1-2,7-9,13,16,34H2,(H,37,39)/t22-,23+,27+,28+/m1/s1. The van der Waals surface area contributed by atoms with Crippen molar-refractivity contribution in [3.8, 4) is 0 Å². The molecule has 3 aromatic rings. The number of aromatic nitrogens is 1. The van der Waals surface area contributed by atoms with Crippen LogP contribution in [-0.2, 0) is 11.2 Å². The van der Waals surface area contributed by atoms with Gasteiger partial charge in [0.05, 0.1) is 29.9 Å². The first-order chi connectivity index (χ1) is 20.0. The van der Waals surface area contributed by atoms with Crippen LogP contribution in [0.1, 0.15) is 41.9 Å². The minimum absolute atomic E-state index is 0.111. The molecule has 2 saturated heterocycles. The zero-order valence-corrected chi connectivity index (χ0v) is 24.2. The predicted molar refractivity (Wildman–Crippen MR) is 158 cm³/mol. The summed E-state index contributed by atoms with van der Waals surface area (Å²) in [5.74, 6) is -3.64. The van der Waals surface area contributed by atoms with Gasteiger partial charge in [0.1, 0.15) is 17.5 Å². The van der Waals surface area contributed by atoms with Crippen molar-refractivity contribution in [3.63, 3.8) is 0 Å². The van der Waals surface area contributed by atoms with Gasteiger partial charge in [0.25, 0.3) is 0 Å². The SMILES string of the molecule is N[C@H](C(=O)Nc1cncc(F)c1CC[C@H]1CN[C@@H]2CCCS(O)(O)N1C2)[C@@H](c1ccc(Cl)cc1)c1cc(F)cc(F)c1. The highest BCUT2D eigenvalue weighted by Gasteiger charge is 2.38. The summed E-state index contributed by atoms with van der Waals surface area (Å²) in [7, 11) is -2.93. The topological polar surface area (TPSA) is 124 Å². The van der Waals surface area contributed by atoms with Gasteiger partial charge in [-0.15, -0.1) is 10.8 Å². The lowest BCUT2D eigenvalue weighted by Gasteiger charge is -2.49. The molecule has 13 heteroatoms. The smallest absolute Gasteiger partial charge is 0.242 e. The number of pyridine rings is 1. The van der Waals surface area contributed by atoms with Gasteiger partial charge in [-0.25, -0.2) is 17.5 Å². The molecule has 6 N–H and O–H groups in total. The highest BCUT2D eigenvalue weighted by atomic mass is 35.5. The van der Waals surface area contributed by atoms with Crippen LogP contribution in [0.15, 0.2) is 54.9 Å². The van der Waals surface area contributed by atoms with Crippen LogP contribution in [-0.4, -0.2) is 61.3 Å². The van der Waals surface area contributed by atoms with E-state index in [2.05, 4.69) is 15.6 Å². The number of rotatable bonds is 8. The average molecular weight is 624 g/mol. The molecule has 0 saturated carbocycles. The van der Waals surface area contributed by atoms with Crippen LogP contribution in [0.3, 0.4) is 0 Å². The first-order valence-electron chi connectivity index (χ1n) is 13.7. The Kier molecular flexibility index (Phi) is 9.43. The first-order valence-corrected chi connectivity index (χ1v) is 15.7. The summed E-state index contributed by atoms with van der Waals surface area (Å²) in [6.45, 7) is 1.02. The molecule has 1 unspecified atom stereocenters. The van der Waals surface area contributed by atoms with Gasteiger partial charge in [0, 0.05) is 47.7 Å². The highest BCUT2D eigenvalue weighted by Crippen LogP contribution is 2.49. The molecule has 1 amide bonds. The van der Waals surface area contributed by atoms with Crippen molar-refractivity contribution < 1.29 is 27.1 Å². The van der Waals surface area contributed by atoms with E-state index in [-0.39, 0.29) is 35.3 Å². The van der Waals surface area contributed by atoms with Crippen LogP contribution in [0, 0.1) is 17.5 Å². The van der Waals surface area contributed by atoms with Crippen LogP contribution >= 0.6 is 22.4 Å². The van der Waals surface area contributed by atoms with Crippen LogP contribution in [0.5, 0.6) is 0 Å². The van der Waals surface area contributed by atoms with Crippen molar-refractivity contribution >= 4 is 34.0 Å². The second kappa shape index (κ2) is 12.9. The van der Waals surface area contributed by atoms with Gasteiger partial charge in [-0.05, 0) is 61.1 Å². The maximum Gasteiger partial charge on any atom is 0.242 e. The third-order valence-electron chi connectivity index (χ3n) is 7.92. The third-order valence-corrected chi connectivity index (χ3v) is 10.2. The van der Waals surface area contributed by atoms with Crippen LogP contribution in [0.4, 0.5) is 18.9 Å². The van der Waals surface area contributed by atoms with Crippen LogP contribution in [0.2, 0.25) is 5.02 Å². The van der Waals surface area contributed by atoms with Gasteiger partial charge in [0.15, 0.2) is 0 Å². The van der Waals surface area contributed by atoms with Gasteiger partial charge in [-0.3, -0.25) is 18.9 Å². The number of piperazine rings is 1. The molecule has 2 bridgehead atoms. The molecule has 2 aliphatic rings. The van der Waals surface area contributed by atoms with Crippen molar-refractivity contribution in [3.05, 3.63) is 94.0 Å². The first kappa shape index (κ1) is 30.7. The fourth-order valence-corrected chi connectivity index (χ4v) is 7.80. The molecule has 5 atom stereocenters. The fourth-order valence-electron chi connectivity index (χ4n) is 5.81. The largest absolute Gasteiger partial charge is 0.323 e. The molecule has 0 radical (unpaired) electrons. The Morgan fingerprint density at radius 3 is 2.57 bits per heavy atom. The molecule has 1 aromatic heterocycles. The predicted octanol–water partition coefficient (Wildman–Crippen LogP) is 5.28. The maximum absolute atomic E-state index is 15.1. The molecule has 8 nitrogen and oxygen atoms in total. The molecule has 2 aliphatic heterocycles. The lowest BCUT2D eigenvalue weighted by Crippen LogP contribution is -2.55. The van der Waals surface area contributed by atoms with Crippen molar-refractivity contribution in [1.29, 1.82) is 0 Å². The summed E-state index contributed by atoms with van der Waals surface area (Å²) < 4.78 is 66.6. The zero-order chi connectivity index (χ0) is 30.0. The number of fused-ring (bicyclic) bond motifs is 2. The van der Waals surface area contributed by atoms with Crippen molar-refractivity contribution in [2.75, 3.05) is 24.2 Å². The molecule has 3 heterocycles. The number of amides is 1. The Morgan fingerprint density at radius 1 is 1.14 bits per heavy atom. The summed E-state index contributed by atoms with van der Waals surface area (Å²) in [4.78, 5) is 17.4. The Balaban J connectivity index is 1.37. The zero-order valence-electron chi connectivity index (χ0n) is 22.6. The van der Waals surface area contributed by atoms with Gasteiger partial charge >= 0.3 is 0 Å². The number of hydrogen-bond acceptors (Lipinski definition) is 7. The van der Waals surface area contributed by atoms with E-state index in [0.717, 1.165) is 30.8 Å². The van der Waals surface area contributed by atoms with Crippen molar-refractivity contribution in [1.82, 2.24) is 14.6 Å². The van der Waals surface area contributed by atoms with Gasteiger partial charge in [0.2, 0.25) is 5.91 Å². The Morgan fingerprint density at radius 2 is 1.86 bits per heavy atom. The molecule has 5 rings (SSSR count). The van der Waals surface area contributed by atoms with Crippen molar-refractivity contribution in [2.45, 2.75) is 49.7 Å². The minimum Gasteiger partial charge on any atom is -0.323 e. The van der Waals surface area contributed by atoms with Crippen molar-refractivity contribution in [2.24, 2.45) is 5.73 Å². The number of carbonyl (C=O) groups excluding carboxylic acids is 1. The van der Waals surface area contributed by atoms with E-state index in [1.807, 2.05) is 0 Å². The average Bonchev–Trinajstić information content (AvgIpc) is 3.05. The summed E-state index contributed by atoms with van der Waals surface area (Å²) in [5, 5.41) is 6.54. The second-order valence-electron chi connectivity index (χ2n) is 10.8. The lowest BCUT2D eigenvalue weighted by molar-refractivity contribution is -0.117. The summed E-state index contributed by atoms with van der Waals surface area (Å²) in [5.41, 5.74) is 7.38. The van der Waals surface area contributed by atoms with E-state index < -0.39 is 46.1 Å². The number of hydrogen-bond donors (Lipinski definition) is 5. The molecule has 0 aliphatic carbocycles. The number of carbonyl (C=O) groups is 1. The van der Waals surface area contributed by atoms with E-state index >= 15 is 4.39 Å². The van der Waals surface area contributed by atoms with Gasteiger partial charge in [-0.2, -0.15) is 0 Å². The molecular formula is C29H33ClF3N5O3S. The molecule has 2 aromatic carbocycles. The van der Waals surface area contributed by atoms with E-state index in [0.29, 0.717) is 42.3 Å². The molecule has 2 fully saturated rings. The Hall–Kier alpha value is -2.71. The Labute approximate surface area is 248 Å². The second-order valence-corrected chi connectivity index (χ2v) is 13.3. The van der Waals surface area contributed by atoms with E-state index in [1.165, 1.54) is 6.20 Å². The molecule has 226 valence electrons. The fraction of sp³-hybridized carbons (Fsp3) is 0.379. The van der Waals surface area contributed by atoms with E-state index in [4.69, 9.17) is 17.3 Å². The highest BCUT2D eigenvalue weighted by molar-refractivity contribution is 8.22. The number of nitrogens with zero attached hydrogens (tertiary/aromatic N) is 2. The third kappa shape index (κ3) is 6.91. The number of benzene rings is 2. The molecule has 42 heavy (non-hydrogen) atoms. The Bertz CT molecular complexity index is 1410. The number of nitrogens with two attached hydrogens (primary N) is 1. The molecule has 0 spiro atoms. The van der Waals surface area contributed by atoms with Crippen LogP contribution in [0.25, 0.3) is 0 Å². The quantitative estimate of drug-likeness (QED) is 0.231. The van der Waals surface area contributed by atoms with Gasteiger partial charge < -0.3 is 16.4 Å². The summed E-state index contributed by atoms with van der Waals surface area (Å²) in [6.07, 6.45) is 4.49. The summed E-state index contributed by atoms with van der Waals surface area (Å²) >= 11 is 6.03. The van der Waals surface area contributed by atoms with E-state index in [9.17, 15) is 22.7 Å². The number of nitrogens with one attached hydrogen (secondary N) is 2. The van der Waals surface area contributed by atoms with E-state index in [1.54, 1.807) is 28.6 Å². The number of halogens is 4. The lowest BCUT2D eigenvalue weighted by atomic mass is 9.84.